The van der Waals surface area contributed by atoms with Crippen molar-refractivity contribution in [1.29, 1.82) is 0 Å². The molecule has 5 heteroatoms. The Balaban J connectivity index is 3.01. The van der Waals surface area contributed by atoms with E-state index in [0.29, 0.717) is 6.29 Å². The van der Waals surface area contributed by atoms with Crippen LogP contribution in [0.4, 0.5) is 9.18 Å². The molecule has 0 saturated carbocycles. The molecular formula is C15H20FNO3. The van der Waals surface area contributed by atoms with Crippen LogP contribution in [0.15, 0.2) is 24.3 Å². The van der Waals surface area contributed by atoms with Crippen molar-refractivity contribution in [1.82, 2.24) is 5.32 Å². The number of carbonyl (C=O) groups excluding carboxylic acids is 2. The van der Waals surface area contributed by atoms with Crippen molar-refractivity contribution in [3.63, 3.8) is 0 Å². The second-order valence-electron chi connectivity index (χ2n) is 5.81. The Hall–Kier alpha value is -1.91. The summed E-state index contributed by atoms with van der Waals surface area (Å²) in [6.07, 6.45) is -0.0955. The van der Waals surface area contributed by atoms with E-state index in [1.807, 2.05) is 0 Å². The molecule has 0 aliphatic rings. The Morgan fingerprint density at radius 1 is 1.30 bits per heavy atom. The fourth-order valence-electron chi connectivity index (χ4n) is 1.83. The van der Waals surface area contributed by atoms with E-state index < -0.39 is 23.1 Å². The zero-order valence-electron chi connectivity index (χ0n) is 12.2. The van der Waals surface area contributed by atoms with Gasteiger partial charge in [0.1, 0.15) is 17.7 Å². The SMILES string of the molecule is CC(C)(C)OC(=O)N[C@@](C)(CC=O)c1ccccc1F. The minimum Gasteiger partial charge on any atom is -0.444 e. The van der Waals surface area contributed by atoms with Crippen molar-refractivity contribution in [3.8, 4) is 0 Å². The number of ether oxygens (including phenoxy) is 1. The van der Waals surface area contributed by atoms with Gasteiger partial charge in [0.15, 0.2) is 0 Å². The number of hydrogen-bond acceptors (Lipinski definition) is 3. The molecule has 0 bridgehead atoms. The van der Waals surface area contributed by atoms with Gasteiger partial charge in [-0.1, -0.05) is 18.2 Å². The molecule has 1 N–H and O–H groups in total. The van der Waals surface area contributed by atoms with Crippen LogP contribution in [-0.2, 0) is 15.1 Å². The Bertz CT molecular complexity index is 496. The van der Waals surface area contributed by atoms with Gasteiger partial charge in [-0.3, -0.25) is 0 Å². The molecule has 0 aliphatic carbocycles. The van der Waals surface area contributed by atoms with Gasteiger partial charge in [0.2, 0.25) is 0 Å². The first-order valence-electron chi connectivity index (χ1n) is 6.38. The number of carbonyl (C=O) groups is 2. The fraction of sp³-hybridized carbons (Fsp3) is 0.467. The maximum atomic E-state index is 13.9. The molecule has 1 aromatic rings. The minimum absolute atomic E-state index is 0.0484. The molecule has 1 aromatic carbocycles. The molecule has 0 heterocycles. The Morgan fingerprint density at radius 3 is 2.40 bits per heavy atom. The zero-order chi connectivity index (χ0) is 15.4. The largest absolute Gasteiger partial charge is 0.444 e. The third-order valence-electron chi connectivity index (χ3n) is 2.74. The highest BCUT2D eigenvalue weighted by molar-refractivity contribution is 5.70. The highest BCUT2D eigenvalue weighted by Crippen LogP contribution is 2.26. The van der Waals surface area contributed by atoms with E-state index in [-0.39, 0.29) is 12.0 Å². The Morgan fingerprint density at radius 2 is 1.90 bits per heavy atom. The van der Waals surface area contributed by atoms with Gasteiger partial charge in [0.25, 0.3) is 0 Å². The molecule has 0 unspecified atom stereocenters. The average Bonchev–Trinajstić information content (AvgIpc) is 2.26. The maximum Gasteiger partial charge on any atom is 0.408 e. The molecule has 0 aliphatic heterocycles. The van der Waals surface area contributed by atoms with Crippen LogP contribution in [0.5, 0.6) is 0 Å². The van der Waals surface area contributed by atoms with Crippen LogP contribution in [0.2, 0.25) is 0 Å². The van der Waals surface area contributed by atoms with Gasteiger partial charge in [0.05, 0.1) is 5.54 Å². The summed E-state index contributed by atoms with van der Waals surface area (Å²) in [5.41, 5.74) is -1.56. The molecule has 0 saturated heterocycles. The molecular weight excluding hydrogens is 261 g/mol. The molecule has 4 nitrogen and oxygen atoms in total. The predicted molar refractivity (Wildman–Crippen MR) is 73.8 cm³/mol. The summed E-state index contributed by atoms with van der Waals surface area (Å²) in [5, 5.41) is 2.58. The molecule has 0 aromatic heterocycles. The van der Waals surface area contributed by atoms with Crippen LogP contribution in [0, 0.1) is 5.82 Å². The number of nitrogens with one attached hydrogen (secondary N) is 1. The first-order chi connectivity index (χ1) is 9.18. The summed E-state index contributed by atoms with van der Waals surface area (Å²) < 4.78 is 19.0. The van der Waals surface area contributed by atoms with Crippen LogP contribution >= 0.6 is 0 Å². The molecule has 1 amide bonds. The number of hydrogen-bond donors (Lipinski definition) is 1. The summed E-state index contributed by atoms with van der Waals surface area (Å²) in [6, 6.07) is 6.03. The van der Waals surface area contributed by atoms with Crippen molar-refractivity contribution in [2.24, 2.45) is 0 Å². The van der Waals surface area contributed by atoms with E-state index in [4.69, 9.17) is 4.74 Å². The van der Waals surface area contributed by atoms with Gasteiger partial charge >= 0.3 is 6.09 Å². The van der Waals surface area contributed by atoms with Gasteiger partial charge in [-0.2, -0.15) is 0 Å². The minimum atomic E-state index is -1.14. The standard InChI is InChI=1S/C15H20FNO3/c1-14(2,3)20-13(19)17-15(4,9-10-18)11-7-5-6-8-12(11)16/h5-8,10H,9H2,1-4H3,(H,17,19)/t15-/m0/s1. The van der Waals surface area contributed by atoms with Crippen molar-refractivity contribution in [3.05, 3.63) is 35.6 Å². The van der Waals surface area contributed by atoms with Crippen molar-refractivity contribution < 1.29 is 18.7 Å². The monoisotopic (exact) mass is 281 g/mol. The number of rotatable bonds is 4. The van der Waals surface area contributed by atoms with Crippen LogP contribution in [-0.4, -0.2) is 18.0 Å². The predicted octanol–water partition coefficient (Wildman–Crippen LogP) is 3.15. The molecule has 0 spiro atoms. The van der Waals surface area contributed by atoms with Crippen molar-refractivity contribution >= 4 is 12.4 Å². The third kappa shape index (κ3) is 4.33. The zero-order valence-corrected chi connectivity index (χ0v) is 12.2. The quantitative estimate of drug-likeness (QED) is 0.862. The Labute approximate surface area is 118 Å². The van der Waals surface area contributed by atoms with Crippen LogP contribution in [0.1, 0.15) is 39.7 Å². The number of aldehydes is 1. The first-order valence-corrected chi connectivity index (χ1v) is 6.38. The average molecular weight is 281 g/mol. The van der Waals surface area contributed by atoms with E-state index in [1.54, 1.807) is 39.8 Å². The summed E-state index contributed by atoms with van der Waals surface area (Å²) in [5.74, 6) is -0.479. The molecule has 0 fully saturated rings. The highest BCUT2D eigenvalue weighted by atomic mass is 19.1. The van der Waals surface area contributed by atoms with Crippen molar-refractivity contribution in [2.75, 3.05) is 0 Å². The lowest BCUT2D eigenvalue weighted by molar-refractivity contribution is -0.109. The molecule has 0 radical (unpaired) electrons. The summed E-state index contributed by atoms with van der Waals surface area (Å²) in [4.78, 5) is 22.7. The van der Waals surface area contributed by atoms with E-state index >= 15 is 0 Å². The number of amides is 1. The second kappa shape index (κ2) is 6.03. The normalized spacial score (nSPS) is 14.2. The smallest absolute Gasteiger partial charge is 0.408 e. The number of alkyl carbamates (subject to hydrolysis) is 1. The van der Waals surface area contributed by atoms with E-state index in [2.05, 4.69) is 5.32 Å². The number of halogens is 1. The van der Waals surface area contributed by atoms with Gasteiger partial charge < -0.3 is 14.8 Å². The van der Waals surface area contributed by atoms with Crippen LogP contribution in [0.25, 0.3) is 0 Å². The van der Waals surface area contributed by atoms with Gasteiger partial charge in [-0.15, -0.1) is 0 Å². The first kappa shape index (κ1) is 16.1. The summed E-state index contributed by atoms with van der Waals surface area (Å²) in [6.45, 7) is 6.77. The lowest BCUT2D eigenvalue weighted by Gasteiger charge is -2.31. The lowest BCUT2D eigenvalue weighted by atomic mass is 9.89. The van der Waals surface area contributed by atoms with Crippen molar-refractivity contribution in [2.45, 2.75) is 45.3 Å². The van der Waals surface area contributed by atoms with E-state index in [9.17, 15) is 14.0 Å². The van der Waals surface area contributed by atoms with Crippen LogP contribution in [0.3, 0.4) is 0 Å². The molecule has 1 atom stereocenters. The van der Waals surface area contributed by atoms with Crippen LogP contribution < -0.4 is 5.32 Å². The third-order valence-corrected chi connectivity index (χ3v) is 2.74. The molecule has 20 heavy (non-hydrogen) atoms. The Kier molecular flexibility index (Phi) is 4.87. The second-order valence-corrected chi connectivity index (χ2v) is 5.81. The van der Waals surface area contributed by atoms with E-state index in [0.717, 1.165) is 0 Å². The van der Waals surface area contributed by atoms with Gasteiger partial charge in [0, 0.05) is 12.0 Å². The maximum absolute atomic E-state index is 13.9. The topological polar surface area (TPSA) is 55.4 Å². The highest BCUT2D eigenvalue weighted by Gasteiger charge is 2.32. The lowest BCUT2D eigenvalue weighted by Crippen LogP contribution is -2.46. The van der Waals surface area contributed by atoms with Gasteiger partial charge in [-0.05, 0) is 33.8 Å². The molecule has 1 rings (SSSR count). The van der Waals surface area contributed by atoms with E-state index in [1.165, 1.54) is 12.1 Å². The summed E-state index contributed by atoms with van der Waals surface area (Å²) in [7, 11) is 0. The summed E-state index contributed by atoms with van der Waals surface area (Å²) >= 11 is 0. The van der Waals surface area contributed by atoms with Gasteiger partial charge in [-0.25, -0.2) is 9.18 Å². The molecule has 110 valence electrons. The fourth-order valence-corrected chi connectivity index (χ4v) is 1.83. The number of benzene rings is 1.